The zero-order valence-corrected chi connectivity index (χ0v) is 11.9. The van der Waals surface area contributed by atoms with E-state index in [0.717, 1.165) is 18.8 Å². The van der Waals surface area contributed by atoms with Gasteiger partial charge in [0.2, 0.25) is 0 Å². The molecule has 1 rings (SSSR count). The maximum atomic E-state index is 10.8. The number of amidine groups is 1. The summed E-state index contributed by atoms with van der Waals surface area (Å²) in [6, 6.07) is 4.39. The van der Waals surface area contributed by atoms with Gasteiger partial charge in [-0.2, -0.15) is 0 Å². The van der Waals surface area contributed by atoms with Crippen LogP contribution in [0.25, 0.3) is 0 Å². The lowest BCUT2D eigenvalue weighted by atomic mass is 10.1. The van der Waals surface area contributed by atoms with Crippen molar-refractivity contribution in [1.82, 2.24) is 0 Å². The lowest BCUT2D eigenvalue weighted by molar-refractivity contribution is -0.384. The van der Waals surface area contributed by atoms with E-state index in [1.165, 1.54) is 12.1 Å². The van der Waals surface area contributed by atoms with Crippen molar-refractivity contribution in [3.05, 3.63) is 33.9 Å². The zero-order valence-electron chi connectivity index (χ0n) is 11.9. The molecule has 20 heavy (non-hydrogen) atoms. The number of nitro groups is 1. The predicted octanol–water partition coefficient (Wildman–Crippen LogP) is 2.17. The van der Waals surface area contributed by atoms with E-state index in [0.29, 0.717) is 11.5 Å². The smallest absolute Gasteiger partial charge is 0.270 e. The normalized spacial score (nSPS) is 11.7. The average Bonchev–Trinajstić information content (AvgIpc) is 2.43. The third-order valence-electron chi connectivity index (χ3n) is 2.88. The van der Waals surface area contributed by atoms with Crippen molar-refractivity contribution < 1.29 is 10.1 Å². The minimum Gasteiger partial charge on any atom is -0.409 e. The number of oxime groups is 1. The van der Waals surface area contributed by atoms with Gasteiger partial charge in [0.1, 0.15) is 0 Å². The van der Waals surface area contributed by atoms with Crippen LogP contribution >= 0.6 is 0 Å². The first-order valence-electron chi connectivity index (χ1n) is 6.42. The maximum absolute atomic E-state index is 10.8. The SMILES string of the molecule is CCN(CC(C)C)c1ccc([N+](=O)[O-])cc1C(N)=NO. The summed E-state index contributed by atoms with van der Waals surface area (Å²) >= 11 is 0. The van der Waals surface area contributed by atoms with Crippen LogP contribution in [0.5, 0.6) is 0 Å². The number of hydrogen-bond acceptors (Lipinski definition) is 5. The van der Waals surface area contributed by atoms with Crippen molar-refractivity contribution in [3.63, 3.8) is 0 Å². The van der Waals surface area contributed by atoms with Crippen LogP contribution < -0.4 is 10.6 Å². The van der Waals surface area contributed by atoms with Gasteiger partial charge in [-0.3, -0.25) is 10.1 Å². The third-order valence-corrected chi connectivity index (χ3v) is 2.88. The number of nitro benzene ring substituents is 1. The maximum Gasteiger partial charge on any atom is 0.270 e. The van der Waals surface area contributed by atoms with Gasteiger partial charge in [-0.05, 0) is 18.9 Å². The van der Waals surface area contributed by atoms with Crippen molar-refractivity contribution >= 4 is 17.2 Å². The summed E-state index contributed by atoms with van der Waals surface area (Å²) in [7, 11) is 0. The zero-order chi connectivity index (χ0) is 15.3. The molecule has 1 aromatic carbocycles. The molecule has 0 aromatic heterocycles. The lowest BCUT2D eigenvalue weighted by Gasteiger charge is -2.27. The second-order valence-electron chi connectivity index (χ2n) is 4.88. The fraction of sp³-hybridized carbons (Fsp3) is 0.462. The highest BCUT2D eigenvalue weighted by Gasteiger charge is 2.18. The molecule has 0 heterocycles. The van der Waals surface area contributed by atoms with Gasteiger partial charge in [0.15, 0.2) is 5.84 Å². The molecule has 3 N–H and O–H groups in total. The average molecular weight is 280 g/mol. The van der Waals surface area contributed by atoms with Crippen LogP contribution in [-0.4, -0.2) is 29.1 Å². The molecule has 0 unspecified atom stereocenters. The molecule has 0 atom stereocenters. The Balaban J connectivity index is 3.33. The summed E-state index contributed by atoms with van der Waals surface area (Å²) in [5, 5.41) is 22.7. The highest BCUT2D eigenvalue weighted by Crippen LogP contribution is 2.26. The Bertz CT molecular complexity index is 514. The van der Waals surface area contributed by atoms with Crippen molar-refractivity contribution in [1.29, 1.82) is 0 Å². The van der Waals surface area contributed by atoms with E-state index in [9.17, 15) is 10.1 Å². The van der Waals surface area contributed by atoms with E-state index in [-0.39, 0.29) is 11.5 Å². The summed E-state index contributed by atoms with van der Waals surface area (Å²) in [5.41, 5.74) is 6.64. The Hall–Kier alpha value is -2.31. The third kappa shape index (κ3) is 3.59. The van der Waals surface area contributed by atoms with Crippen LogP contribution in [0, 0.1) is 16.0 Å². The summed E-state index contributed by atoms with van der Waals surface area (Å²) in [4.78, 5) is 12.4. The second-order valence-corrected chi connectivity index (χ2v) is 4.88. The number of anilines is 1. The minimum atomic E-state index is -0.503. The quantitative estimate of drug-likeness (QED) is 0.273. The lowest BCUT2D eigenvalue weighted by Crippen LogP contribution is -2.30. The molecule has 7 heteroatoms. The molecule has 1 aromatic rings. The van der Waals surface area contributed by atoms with E-state index < -0.39 is 4.92 Å². The monoisotopic (exact) mass is 280 g/mol. The molecular formula is C13H20N4O3. The highest BCUT2D eigenvalue weighted by atomic mass is 16.6. The van der Waals surface area contributed by atoms with E-state index in [1.54, 1.807) is 6.07 Å². The van der Waals surface area contributed by atoms with Crippen molar-refractivity contribution in [3.8, 4) is 0 Å². The van der Waals surface area contributed by atoms with Gasteiger partial charge in [-0.25, -0.2) is 0 Å². The Kier molecular flexibility index (Phi) is 5.31. The first-order chi connectivity index (χ1) is 9.40. The Morgan fingerprint density at radius 2 is 2.20 bits per heavy atom. The van der Waals surface area contributed by atoms with Gasteiger partial charge >= 0.3 is 0 Å². The number of nitrogens with two attached hydrogens (primary N) is 1. The summed E-state index contributed by atoms with van der Waals surface area (Å²) < 4.78 is 0. The molecule has 0 fully saturated rings. The molecule has 0 saturated carbocycles. The fourth-order valence-corrected chi connectivity index (χ4v) is 2.01. The van der Waals surface area contributed by atoms with Gasteiger partial charge in [-0.15, -0.1) is 0 Å². The molecule has 0 spiro atoms. The molecule has 0 radical (unpaired) electrons. The van der Waals surface area contributed by atoms with Crippen LogP contribution in [0.4, 0.5) is 11.4 Å². The predicted molar refractivity (Wildman–Crippen MR) is 78.3 cm³/mol. The molecule has 0 bridgehead atoms. The fourth-order valence-electron chi connectivity index (χ4n) is 2.01. The summed E-state index contributed by atoms with van der Waals surface area (Å²) in [6.45, 7) is 7.65. The topological polar surface area (TPSA) is 105 Å². The van der Waals surface area contributed by atoms with Gasteiger partial charge in [0.25, 0.3) is 5.69 Å². The van der Waals surface area contributed by atoms with Crippen LogP contribution in [0.1, 0.15) is 26.3 Å². The number of hydrogen-bond donors (Lipinski definition) is 2. The number of benzene rings is 1. The van der Waals surface area contributed by atoms with Gasteiger partial charge in [-0.1, -0.05) is 19.0 Å². The van der Waals surface area contributed by atoms with Crippen molar-refractivity contribution in [2.45, 2.75) is 20.8 Å². The first-order valence-corrected chi connectivity index (χ1v) is 6.42. The van der Waals surface area contributed by atoms with Gasteiger partial charge in [0, 0.05) is 30.9 Å². The first kappa shape index (κ1) is 15.7. The Morgan fingerprint density at radius 1 is 1.55 bits per heavy atom. The van der Waals surface area contributed by atoms with E-state index in [1.807, 2.05) is 11.8 Å². The van der Waals surface area contributed by atoms with Crippen LogP contribution in [0.2, 0.25) is 0 Å². The largest absolute Gasteiger partial charge is 0.409 e. The molecule has 110 valence electrons. The molecule has 0 aliphatic heterocycles. The molecule has 0 aliphatic carbocycles. The van der Waals surface area contributed by atoms with Gasteiger partial charge in [0.05, 0.1) is 10.5 Å². The van der Waals surface area contributed by atoms with Crippen molar-refractivity contribution in [2.75, 3.05) is 18.0 Å². The van der Waals surface area contributed by atoms with Crippen LogP contribution in [0.3, 0.4) is 0 Å². The van der Waals surface area contributed by atoms with E-state index in [2.05, 4.69) is 19.0 Å². The minimum absolute atomic E-state index is 0.0871. The second kappa shape index (κ2) is 6.74. The summed E-state index contributed by atoms with van der Waals surface area (Å²) in [6.07, 6.45) is 0. The number of non-ortho nitro benzene ring substituents is 1. The molecule has 0 saturated heterocycles. The van der Waals surface area contributed by atoms with E-state index in [4.69, 9.17) is 10.9 Å². The molecule has 0 amide bonds. The summed E-state index contributed by atoms with van der Waals surface area (Å²) in [5.74, 6) is 0.288. The molecular weight excluding hydrogens is 260 g/mol. The van der Waals surface area contributed by atoms with Crippen molar-refractivity contribution in [2.24, 2.45) is 16.8 Å². The van der Waals surface area contributed by atoms with Crippen LogP contribution in [0.15, 0.2) is 23.4 Å². The highest BCUT2D eigenvalue weighted by molar-refractivity contribution is 6.02. The molecule has 0 aliphatic rings. The number of rotatable bonds is 6. The van der Waals surface area contributed by atoms with E-state index >= 15 is 0 Å². The Morgan fingerprint density at radius 3 is 2.65 bits per heavy atom. The van der Waals surface area contributed by atoms with Crippen LogP contribution in [-0.2, 0) is 0 Å². The number of nitrogens with zero attached hydrogens (tertiary/aromatic N) is 3. The molecule has 7 nitrogen and oxygen atoms in total. The van der Waals surface area contributed by atoms with Gasteiger partial charge < -0.3 is 15.8 Å². The standard InChI is InChI=1S/C13H20N4O3/c1-4-16(8-9(2)3)12-6-5-10(17(19)20)7-11(12)13(14)15-18/h5-7,9,18H,4,8H2,1-3H3,(H2,14,15). The Labute approximate surface area is 117 Å².